The van der Waals surface area contributed by atoms with E-state index in [0.29, 0.717) is 31.7 Å². The summed E-state index contributed by atoms with van der Waals surface area (Å²) in [6.45, 7) is 0.744. The average Bonchev–Trinajstić information content (AvgIpc) is 2.56. The van der Waals surface area contributed by atoms with Crippen LogP contribution in [-0.2, 0) is 10.0 Å². The molecule has 0 spiro atoms. The quantitative estimate of drug-likeness (QED) is 0.860. The topological polar surface area (TPSA) is 59.5 Å². The highest BCUT2D eigenvalue weighted by Gasteiger charge is 2.30. The lowest BCUT2D eigenvalue weighted by atomic mass is 10.1. The van der Waals surface area contributed by atoms with E-state index in [9.17, 15) is 12.8 Å². The zero-order chi connectivity index (χ0) is 16.3. The molecule has 1 aromatic carbocycles. The molecule has 1 aromatic heterocycles. The van der Waals surface area contributed by atoms with Gasteiger partial charge in [-0.2, -0.15) is 4.31 Å². The Morgan fingerprint density at radius 2 is 1.96 bits per heavy atom. The highest BCUT2D eigenvalue weighted by Crippen LogP contribution is 2.23. The Labute approximate surface area is 134 Å². The van der Waals surface area contributed by atoms with Gasteiger partial charge in [0.2, 0.25) is 10.0 Å². The molecule has 7 heteroatoms. The zero-order valence-electron chi connectivity index (χ0n) is 12.4. The maximum absolute atomic E-state index is 13.2. The first-order valence-corrected chi connectivity index (χ1v) is 8.82. The molecule has 2 aromatic rings. The molecule has 0 bridgehead atoms. The Balaban J connectivity index is 1.62. The van der Waals surface area contributed by atoms with Crippen LogP contribution in [0.5, 0.6) is 5.75 Å². The highest BCUT2D eigenvalue weighted by molar-refractivity contribution is 7.89. The van der Waals surface area contributed by atoms with Crippen LogP contribution in [0.3, 0.4) is 0 Å². The SMILES string of the molecule is O=S(=O)(c1cccnc1)N1CCC(Oc2cccc(F)c2)CC1. The molecule has 0 atom stereocenters. The van der Waals surface area contributed by atoms with Crippen LogP contribution in [0.25, 0.3) is 0 Å². The van der Waals surface area contributed by atoms with E-state index < -0.39 is 10.0 Å². The Hall–Kier alpha value is -1.99. The lowest BCUT2D eigenvalue weighted by Crippen LogP contribution is -2.41. The number of ether oxygens (including phenoxy) is 1. The van der Waals surface area contributed by atoms with Crippen molar-refractivity contribution in [1.29, 1.82) is 0 Å². The van der Waals surface area contributed by atoms with Crippen LogP contribution >= 0.6 is 0 Å². The fraction of sp³-hybridized carbons (Fsp3) is 0.312. The van der Waals surface area contributed by atoms with Gasteiger partial charge < -0.3 is 4.74 Å². The molecule has 0 amide bonds. The maximum Gasteiger partial charge on any atom is 0.244 e. The van der Waals surface area contributed by atoms with Crippen LogP contribution in [0.1, 0.15) is 12.8 Å². The molecule has 3 rings (SSSR count). The van der Waals surface area contributed by atoms with E-state index in [0.717, 1.165) is 0 Å². The summed E-state index contributed by atoms with van der Waals surface area (Å²) < 4.78 is 45.3. The minimum atomic E-state index is -3.51. The van der Waals surface area contributed by atoms with E-state index in [2.05, 4.69) is 4.98 Å². The first kappa shape index (κ1) is 15.9. The number of hydrogen-bond donors (Lipinski definition) is 0. The molecule has 1 fully saturated rings. The lowest BCUT2D eigenvalue weighted by molar-refractivity contribution is 0.134. The summed E-state index contributed by atoms with van der Waals surface area (Å²) in [4.78, 5) is 4.06. The van der Waals surface area contributed by atoms with Gasteiger partial charge in [-0.1, -0.05) is 6.07 Å². The standard InChI is InChI=1S/C16H17FN2O3S/c17-13-3-1-4-15(11-13)22-14-6-9-19(10-7-14)23(20,21)16-5-2-8-18-12-16/h1-5,8,11-12,14H,6-7,9-10H2. The number of halogens is 1. The van der Waals surface area contributed by atoms with E-state index in [1.54, 1.807) is 18.2 Å². The number of pyridine rings is 1. The minimum absolute atomic E-state index is 0.114. The van der Waals surface area contributed by atoms with Gasteiger partial charge in [0.25, 0.3) is 0 Å². The van der Waals surface area contributed by atoms with Gasteiger partial charge in [0, 0.05) is 31.5 Å². The van der Waals surface area contributed by atoms with E-state index >= 15 is 0 Å². The van der Waals surface area contributed by atoms with Crippen molar-refractivity contribution < 1.29 is 17.5 Å². The molecule has 0 N–H and O–H groups in total. The van der Waals surface area contributed by atoms with Gasteiger partial charge in [-0.05, 0) is 37.1 Å². The van der Waals surface area contributed by atoms with E-state index in [4.69, 9.17) is 4.74 Å². The summed E-state index contributed by atoms with van der Waals surface area (Å²) in [5.74, 6) is 0.123. The summed E-state index contributed by atoms with van der Waals surface area (Å²) in [6, 6.07) is 9.12. The molecule has 1 aliphatic heterocycles. The number of piperidine rings is 1. The normalized spacial score (nSPS) is 17.1. The Morgan fingerprint density at radius 1 is 1.17 bits per heavy atom. The van der Waals surface area contributed by atoms with Crippen molar-refractivity contribution in [1.82, 2.24) is 9.29 Å². The van der Waals surface area contributed by atoms with E-state index in [-0.39, 0.29) is 16.8 Å². The Bertz CT molecular complexity index is 760. The van der Waals surface area contributed by atoms with Crippen LogP contribution in [-0.4, -0.2) is 36.9 Å². The third kappa shape index (κ3) is 3.68. The van der Waals surface area contributed by atoms with Crippen LogP contribution in [0, 0.1) is 5.82 Å². The molecule has 5 nitrogen and oxygen atoms in total. The fourth-order valence-electron chi connectivity index (χ4n) is 2.57. The molecule has 122 valence electrons. The number of benzene rings is 1. The predicted octanol–water partition coefficient (Wildman–Crippen LogP) is 2.45. The summed E-state index contributed by atoms with van der Waals surface area (Å²) in [5.41, 5.74) is 0. The van der Waals surface area contributed by atoms with Crippen molar-refractivity contribution in [3.05, 3.63) is 54.6 Å². The largest absolute Gasteiger partial charge is 0.490 e. The van der Waals surface area contributed by atoms with Crippen molar-refractivity contribution in [3.63, 3.8) is 0 Å². The van der Waals surface area contributed by atoms with Crippen molar-refractivity contribution in [2.24, 2.45) is 0 Å². The van der Waals surface area contributed by atoms with Gasteiger partial charge in [-0.25, -0.2) is 12.8 Å². The molecule has 0 saturated carbocycles. The summed E-state index contributed by atoms with van der Waals surface area (Å²) >= 11 is 0. The van der Waals surface area contributed by atoms with Crippen molar-refractivity contribution in [3.8, 4) is 5.75 Å². The first-order chi connectivity index (χ1) is 11.1. The lowest BCUT2D eigenvalue weighted by Gasteiger charge is -2.31. The third-order valence-corrected chi connectivity index (χ3v) is 5.65. The smallest absolute Gasteiger partial charge is 0.244 e. The maximum atomic E-state index is 13.2. The summed E-state index contributed by atoms with van der Waals surface area (Å²) in [7, 11) is -3.51. The second-order valence-electron chi connectivity index (χ2n) is 5.37. The van der Waals surface area contributed by atoms with Gasteiger partial charge in [0.15, 0.2) is 0 Å². The monoisotopic (exact) mass is 336 g/mol. The first-order valence-electron chi connectivity index (χ1n) is 7.38. The average molecular weight is 336 g/mol. The molecule has 0 radical (unpaired) electrons. The number of sulfonamides is 1. The number of nitrogens with zero attached hydrogens (tertiary/aromatic N) is 2. The van der Waals surface area contributed by atoms with Crippen LogP contribution in [0.2, 0.25) is 0 Å². The number of rotatable bonds is 4. The minimum Gasteiger partial charge on any atom is -0.490 e. The molecule has 0 aliphatic carbocycles. The Morgan fingerprint density at radius 3 is 2.61 bits per heavy atom. The predicted molar refractivity (Wildman–Crippen MR) is 83.0 cm³/mol. The molecule has 1 saturated heterocycles. The zero-order valence-corrected chi connectivity index (χ0v) is 13.2. The highest BCUT2D eigenvalue weighted by atomic mass is 32.2. The van der Waals surface area contributed by atoms with E-state index in [1.807, 2.05) is 0 Å². The van der Waals surface area contributed by atoms with Crippen LogP contribution in [0.15, 0.2) is 53.7 Å². The second kappa shape index (κ2) is 6.64. The molecule has 1 aliphatic rings. The second-order valence-corrected chi connectivity index (χ2v) is 7.31. The molecule has 0 unspecified atom stereocenters. The van der Waals surface area contributed by atoms with Crippen molar-refractivity contribution in [2.75, 3.05) is 13.1 Å². The molecule has 2 heterocycles. The van der Waals surface area contributed by atoms with Gasteiger partial charge >= 0.3 is 0 Å². The molecular weight excluding hydrogens is 319 g/mol. The number of aromatic nitrogens is 1. The van der Waals surface area contributed by atoms with E-state index in [1.165, 1.54) is 34.9 Å². The van der Waals surface area contributed by atoms with Gasteiger partial charge in [-0.3, -0.25) is 4.98 Å². The third-order valence-electron chi connectivity index (χ3n) is 3.77. The summed E-state index contributed by atoms with van der Waals surface area (Å²) in [5, 5.41) is 0. The Kier molecular flexibility index (Phi) is 4.58. The summed E-state index contributed by atoms with van der Waals surface area (Å²) in [6.07, 6.45) is 3.91. The van der Waals surface area contributed by atoms with Crippen molar-refractivity contribution in [2.45, 2.75) is 23.8 Å². The molecular formula is C16H17FN2O3S. The molecule has 23 heavy (non-hydrogen) atoms. The van der Waals surface area contributed by atoms with Crippen LogP contribution in [0.4, 0.5) is 4.39 Å². The van der Waals surface area contributed by atoms with Crippen LogP contribution < -0.4 is 4.74 Å². The van der Waals surface area contributed by atoms with Gasteiger partial charge in [-0.15, -0.1) is 0 Å². The fourth-order valence-corrected chi connectivity index (χ4v) is 4.01. The van der Waals surface area contributed by atoms with Gasteiger partial charge in [0.1, 0.15) is 22.6 Å². The van der Waals surface area contributed by atoms with Crippen molar-refractivity contribution >= 4 is 10.0 Å². The number of hydrogen-bond acceptors (Lipinski definition) is 4. The van der Waals surface area contributed by atoms with Gasteiger partial charge in [0.05, 0.1) is 0 Å².